The van der Waals surface area contributed by atoms with Gasteiger partial charge in [-0.3, -0.25) is 0 Å². The lowest BCUT2D eigenvalue weighted by Crippen LogP contribution is -2.40. The summed E-state index contributed by atoms with van der Waals surface area (Å²) in [6.45, 7) is 4.24. The van der Waals surface area contributed by atoms with E-state index in [-0.39, 0.29) is 11.2 Å². The van der Waals surface area contributed by atoms with E-state index in [0.29, 0.717) is 0 Å². The Labute approximate surface area is 147 Å². The predicted octanol–water partition coefficient (Wildman–Crippen LogP) is 6.48. The van der Waals surface area contributed by atoms with Crippen LogP contribution in [-0.2, 0) is 9.47 Å². The molecule has 0 heterocycles. The van der Waals surface area contributed by atoms with Crippen LogP contribution in [0.1, 0.15) is 90.9 Å². The van der Waals surface area contributed by atoms with Crippen LogP contribution in [0.3, 0.4) is 0 Å². The third kappa shape index (κ3) is 5.39. The van der Waals surface area contributed by atoms with Crippen molar-refractivity contribution in [3.63, 3.8) is 0 Å². The molecule has 0 saturated carbocycles. The molecule has 0 bridgehead atoms. The van der Waals surface area contributed by atoms with Crippen LogP contribution in [0, 0.1) is 0 Å². The lowest BCUT2D eigenvalue weighted by Gasteiger charge is -2.37. The van der Waals surface area contributed by atoms with Gasteiger partial charge < -0.3 is 9.47 Å². The van der Waals surface area contributed by atoms with Crippen molar-refractivity contribution >= 4 is 6.16 Å². The lowest BCUT2D eigenvalue weighted by atomic mass is 9.86. The molecule has 0 aromatic carbocycles. The fraction of sp³-hybridized carbons (Fsp3) is 0.762. The van der Waals surface area contributed by atoms with Gasteiger partial charge in [-0.05, 0) is 77.0 Å². The molecule has 0 aromatic rings. The van der Waals surface area contributed by atoms with E-state index in [1.165, 1.54) is 0 Å². The molecule has 2 unspecified atom stereocenters. The molecule has 2 rings (SSSR count). The Morgan fingerprint density at radius 3 is 1.58 bits per heavy atom. The van der Waals surface area contributed by atoms with Crippen LogP contribution in [0.4, 0.5) is 4.79 Å². The number of carbonyl (C=O) groups excluding carboxylic acids is 1. The Bertz CT molecular complexity index is 414. The molecule has 3 heteroatoms. The lowest BCUT2D eigenvalue weighted by molar-refractivity contribution is -0.0953. The van der Waals surface area contributed by atoms with Crippen molar-refractivity contribution in [1.29, 1.82) is 0 Å². The van der Waals surface area contributed by atoms with Gasteiger partial charge in [-0.2, -0.15) is 0 Å². The Hall–Kier alpha value is -1.25. The molecule has 136 valence electrons. The zero-order valence-electron chi connectivity index (χ0n) is 15.5. The molecule has 24 heavy (non-hydrogen) atoms. The van der Waals surface area contributed by atoms with Crippen LogP contribution in [0.25, 0.3) is 0 Å². The number of rotatable bonds is 4. The van der Waals surface area contributed by atoms with Crippen LogP contribution in [-0.4, -0.2) is 17.4 Å². The highest BCUT2D eigenvalue weighted by Crippen LogP contribution is 2.35. The number of hydrogen-bond acceptors (Lipinski definition) is 3. The van der Waals surface area contributed by atoms with Crippen LogP contribution in [0.5, 0.6) is 0 Å². The second kappa shape index (κ2) is 9.29. The van der Waals surface area contributed by atoms with E-state index >= 15 is 0 Å². The first-order valence-electron chi connectivity index (χ1n) is 9.86. The zero-order chi connectivity index (χ0) is 17.3. The van der Waals surface area contributed by atoms with Gasteiger partial charge in [0.2, 0.25) is 0 Å². The molecule has 0 aliphatic heterocycles. The standard InChI is InChI=1S/C21H34O3/c1-3-20(15-11-7-5-8-12-16-20)23-19(22)24-21(4-2)17-13-9-6-10-14-18-21/h5-7,9H,3-4,8,10-18H2,1-2H3. The summed E-state index contributed by atoms with van der Waals surface area (Å²) in [5.74, 6) is 0. The minimum absolute atomic E-state index is 0.349. The molecule has 0 fully saturated rings. The molecule has 0 radical (unpaired) electrons. The van der Waals surface area contributed by atoms with Crippen molar-refractivity contribution in [3.05, 3.63) is 24.3 Å². The molecule has 0 saturated heterocycles. The van der Waals surface area contributed by atoms with E-state index in [1.807, 2.05) is 0 Å². The van der Waals surface area contributed by atoms with Gasteiger partial charge in [0.25, 0.3) is 0 Å². The number of hydrogen-bond donors (Lipinski definition) is 0. The average Bonchev–Trinajstić information content (AvgIpc) is 2.53. The number of ether oxygens (including phenoxy) is 2. The van der Waals surface area contributed by atoms with Gasteiger partial charge in [-0.25, -0.2) is 4.79 Å². The maximum atomic E-state index is 12.6. The average molecular weight is 335 g/mol. The largest absolute Gasteiger partial charge is 0.509 e. The summed E-state index contributed by atoms with van der Waals surface area (Å²) in [5.41, 5.74) is -0.698. The Morgan fingerprint density at radius 2 is 1.17 bits per heavy atom. The van der Waals surface area contributed by atoms with Crippen molar-refractivity contribution in [2.45, 2.75) is 102 Å². The highest BCUT2D eigenvalue weighted by molar-refractivity contribution is 5.61. The van der Waals surface area contributed by atoms with Crippen LogP contribution in [0.2, 0.25) is 0 Å². The summed E-state index contributed by atoms with van der Waals surface area (Å²) in [6.07, 6.45) is 20.1. The van der Waals surface area contributed by atoms with Crippen molar-refractivity contribution in [3.8, 4) is 0 Å². The normalized spacial score (nSPS) is 31.4. The second-order valence-corrected chi connectivity index (χ2v) is 7.33. The second-order valence-electron chi connectivity index (χ2n) is 7.33. The van der Waals surface area contributed by atoms with Crippen molar-refractivity contribution in [1.82, 2.24) is 0 Å². The third-order valence-electron chi connectivity index (χ3n) is 5.76. The highest BCUT2D eigenvalue weighted by Gasteiger charge is 2.37. The first-order chi connectivity index (χ1) is 11.6. The molecular formula is C21H34O3. The Balaban J connectivity index is 2.00. The topological polar surface area (TPSA) is 35.5 Å². The van der Waals surface area contributed by atoms with Crippen molar-refractivity contribution in [2.75, 3.05) is 0 Å². The van der Waals surface area contributed by atoms with Gasteiger partial charge in [0.1, 0.15) is 11.2 Å². The van der Waals surface area contributed by atoms with Gasteiger partial charge in [0.15, 0.2) is 0 Å². The van der Waals surface area contributed by atoms with Gasteiger partial charge >= 0.3 is 6.16 Å². The Morgan fingerprint density at radius 1 is 0.750 bits per heavy atom. The fourth-order valence-corrected chi connectivity index (χ4v) is 3.93. The molecule has 2 aliphatic rings. The summed E-state index contributed by atoms with van der Waals surface area (Å²) >= 11 is 0. The fourth-order valence-electron chi connectivity index (χ4n) is 3.93. The molecular weight excluding hydrogens is 300 g/mol. The first-order valence-corrected chi connectivity index (χ1v) is 9.86. The van der Waals surface area contributed by atoms with Crippen LogP contribution >= 0.6 is 0 Å². The Kier molecular flexibility index (Phi) is 7.39. The van der Waals surface area contributed by atoms with Gasteiger partial charge in [-0.1, -0.05) is 38.2 Å². The molecule has 2 atom stereocenters. The van der Waals surface area contributed by atoms with E-state index in [0.717, 1.165) is 77.0 Å². The first kappa shape index (κ1) is 19.1. The van der Waals surface area contributed by atoms with Crippen LogP contribution in [0.15, 0.2) is 24.3 Å². The maximum Gasteiger partial charge on any atom is 0.509 e. The molecule has 3 nitrogen and oxygen atoms in total. The van der Waals surface area contributed by atoms with E-state index < -0.39 is 6.16 Å². The van der Waals surface area contributed by atoms with Crippen molar-refractivity contribution < 1.29 is 14.3 Å². The van der Waals surface area contributed by atoms with Gasteiger partial charge in [-0.15, -0.1) is 0 Å². The van der Waals surface area contributed by atoms with E-state index in [2.05, 4.69) is 38.2 Å². The minimum atomic E-state index is -0.451. The number of allylic oxidation sites excluding steroid dienone is 4. The SMILES string of the molecule is CCC1(OC(=O)OC2(CC)CCC=CCCC2)CCC=CCCC1. The zero-order valence-corrected chi connectivity index (χ0v) is 15.5. The smallest absolute Gasteiger partial charge is 0.428 e. The highest BCUT2D eigenvalue weighted by atomic mass is 16.7. The maximum absolute atomic E-state index is 12.6. The summed E-state index contributed by atoms with van der Waals surface area (Å²) in [5, 5.41) is 0. The van der Waals surface area contributed by atoms with E-state index in [1.54, 1.807) is 0 Å². The summed E-state index contributed by atoms with van der Waals surface area (Å²) in [7, 11) is 0. The van der Waals surface area contributed by atoms with E-state index in [4.69, 9.17) is 9.47 Å². The van der Waals surface area contributed by atoms with Crippen LogP contribution < -0.4 is 0 Å². The van der Waals surface area contributed by atoms with Crippen molar-refractivity contribution in [2.24, 2.45) is 0 Å². The predicted molar refractivity (Wildman–Crippen MR) is 98.1 cm³/mol. The molecule has 0 spiro atoms. The van der Waals surface area contributed by atoms with E-state index in [9.17, 15) is 4.79 Å². The number of carbonyl (C=O) groups is 1. The summed E-state index contributed by atoms with van der Waals surface area (Å²) in [6, 6.07) is 0. The summed E-state index contributed by atoms with van der Waals surface area (Å²) in [4.78, 5) is 12.6. The molecule has 2 aliphatic carbocycles. The molecule has 0 amide bonds. The van der Waals surface area contributed by atoms with Gasteiger partial charge in [0, 0.05) is 0 Å². The minimum Gasteiger partial charge on any atom is -0.428 e. The monoisotopic (exact) mass is 334 g/mol. The third-order valence-corrected chi connectivity index (χ3v) is 5.76. The molecule has 0 N–H and O–H groups in total. The van der Waals surface area contributed by atoms with Gasteiger partial charge in [0.05, 0.1) is 0 Å². The summed E-state index contributed by atoms with van der Waals surface area (Å²) < 4.78 is 11.9. The quantitative estimate of drug-likeness (QED) is 0.436. The molecule has 0 aromatic heterocycles.